The normalized spacial score (nSPS) is 10.7. The molecule has 3 nitrogen and oxygen atoms in total. The van der Waals surface area contributed by atoms with Crippen LogP contribution < -0.4 is 0 Å². The summed E-state index contributed by atoms with van der Waals surface area (Å²) in [4.78, 5) is 4.67. The van der Waals surface area contributed by atoms with Crippen LogP contribution in [0.3, 0.4) is 0 Å². The number of hydrogen-bond acceptors (Lipinski definition) is 2. The van der Waals surface area contributed by atoms with Crippen molar-refractivity contribution in [2.45, 2.75) is 19.8 Å². The molecule has 0 unspecified atom stereocenters. The van der Waals surface area contributed by atoms with Crippen molar-refractivity contribution in [3.8, 4) is 22.5 Å². The van der Waals surface area contributed by atoms with Crippen LogP contribution in [0.15, 0.2) is 55.1 Å². The van der Waals surface area contributed by atoms with E-state index in [9.17, 15) is 0 Å². The number of aromatic nitrogens is 3. The predicted octanol–water partition coefficient (Wildman–Crippen LogP) is 4.74. The van der Waals surface area contributed by atoms with E-state index in [1.807, 2.05) is 17.8 Å². The number of aryl methyl sites for hydroxylation is 2. The van der Waals surface area contributed by atoms with Crippen LogP contribution in [-0.4, -0.2) is 14.8 Å². The van der Waals surface area contributed by atoms with Gasteiger partial charge in [-0.2, -0.15) is 5.10 Å². The van der Waals surface area contributed by atoms with Gasteiger partial charge in [-0.25, -0.2) is 9.67 Å². The summed E-state index contributed by atoms with van der Waals surface area (Å²) in [7, 11) is 1.95. The fourth-order valence-corrected chi connectivity index (χ4v) is 2.67. The Morgan fingerprint density at radius 1 is 1.04 bits per heavy atom. The molecule has 3 rings (SSSR count). The monoisotopic (exact) mass is 303 g/mol. The first kappa shape index (κ1) is 15.2. The average Bonchev–Trinajstić information content (AvgIpc) is 2.96. The highest BCUT2D eigenvalue weighted by atomic mass is 15.3. The van der Waals surface area contributed by atoms with Crippen LogP contribution in [0.4, 0.5) is 0 Å². The summed E-state index contributed by atoms with van der Waals surface area (Å²) in [6, 6.07) is 16.8. The summed E-state index contributed by atoms with van der Waals surface area (Å²) in [5, 5.41) is 4.50. The van der Waals surface area contributed by atoms with Crippen molar-refractivity contribution in [1.82, 2.24) is 14.8 Å². The maximum atomic E-state index is 4.67. The molecule has 23 heavy (non-hydrogen) atoms. The molecule has 1 aromatic heterocycles. The second-order valence-corrected chi connectivity index (χ2v) is 5.63. The molecule has 0 fully saturated rings. The standard InChI is InChI=1S/C20H21N3/c1-4-7-19-21-20(23(3)22-19)18-9-6-8-17(14-18)16-12-10-15(5-2)11-13-16/h5-6,8-14H,2,4,7H2,1,3H3. The van der Waals surface area contributed by atoms with Gasteiger partial charge in [0.05, 0.1) is 0 Å². The first-order valence-electron chi connectivity index (χ1n) is 7.94. The van der Waals surface area contributed by atoms with Gasteiger partial charge < -0.3 is 0 Å². The molecular weight excluding hydrogens is 282 g/mol. The fraction of sp³-hybridized carbons (Fsp3) is 0.200. The Labute approximate surface area is 137 Å². The van der Waals surface area contributed by atoms with E-state index in [0.717, 1.165) is 35.6 Å². The smallest absolute Gasteiger partial charge is 0.158 e. The lowest BCUT2D eigenvalue weighted by Gasteiger charge is -2.06. The molecule has 0 N–H and O–H groups in total. The van der Waals surface area contributed by atoms with E-state index in [4.69, 9.17) is 0 Å². The fourth-order valence-electron chi connectivity index (χ4n) is 2.67. The molecule has 0 aliphatic carbocycles. The van der Waals surface area contributed by atoms with E-state index in [1.54, 1.807) is 0 Å². The largest absolute Gasteiger partial charge is 0.249 e. The SMILES string of the molecule is C=Cc1ccc(-c2cccc(-c3nc(CCC)nn3C)c2)cc1. The zero-order valence-electron chi connectivity index (χ0n) is 13.7. The van der Waals surface area contributed by atoms with Crippen molar-refractivity contribution < 1.29 is 0 Å². The molecule has 0 radical (unpaired) electrons. The van der Waals surface area contributed by atoms with E-state index >= 15 is 0 Å². The molecule has 116 valence electrons. The highest BCUT2D eigenvalue weighted by Crippen LogP contribution is 2.25. The van der Waals surface area contributed by atoms with Crippen LogP contribution >= 0.6 is 0 Å². The Kier molecular flexibility index (Phi) is 4.38. The molecule has 0 aliphatic rings. The van der Waals surface area contributed by atoms with Gasteiger partial charge in [-0.3, -0.25) is 0 Å². The van der Waals surface area contributed by atoms with Crippen LogP contribution in [0.1, 0.15) is 24.7 Å². The van der Waals surface area contributed by atoms with Gasteiger partial charge in [0, 0.05) is 19.0 Å². The number of nitrogens with zero attached hydrogens (tertiary/aromatic N) is 3. The van der Waals surface area contributed by atoms with E-state index in [1.165, 1.54) is 11.1 Å². The second-order valence-electron chi connectivity index (χ2n) is 5.63. The highest BCUT2D eigenvalue weighted by Gasteiger charge is 2.10. The second kappa shape index (κ2) is 6.61. The van der Waals surface area contributed by atoms with E-state index < -0.39 is 0 Å². The van der Waals surface area contributed by atoms with Crippen molar-refractivity contribution in [2.75, 3.05) is 0 Å². The third-order valence-corrected chi connectivity index (χ3v) is 3.88. The van der Waals surface area contributed by atoms with Gasteiger partial charge >= 0.3 is 0 Å². The molecule has 3 aromatic rings. The third-order valence-electron chi connectivity index (χ3n) is 3.88. The van der Waals surface area contributed by atoms with E-state index in [0.29, 0.717) is 0 Å². The van der Waals surface area contributed by atoms with Gasteiger partial charge in [-0.1, -0.05) is 62.0 Å². The Hall–Kier alpha value is -2.68. The quantitative estimate of drug-likeness (QED) is 0.681. The number of benzene rings is 2. The number of hydrogen-bond donors (Lipinski definition) is 0. The zero-order valence-corrected chi connectivity index (χ0v) is 13.7. The van der Waals surface area contributed by atoms with Crippen LogP contribution in [0, 0.1) is 0 Å². The molecule has 0 spiro atoms. The lowest BCUT2D eigenvalue weighted by molar-refractivity contribution is 0.737. The molecule has 3 heteroatoms. The van der Waals surface area contributed by atoms with Crippen LogP contribution in [-0.2, 0) is 13.5 Å². The molecule has 0 atom stereocenters. The summed E-state index contributed by atoms with van der Waals surface area (Å²) < 4.78 is 1.87. The summed E-state index contributed by atoms with van der Waals surface area (Å²) >= 11 is 0. The summed E-state index contributed by atoms with van der Waals surface area (Å²) in [6.45, 7) is 5.94. The summed E-state index contributed by atoms with van der Waals surface area (Å²) in [5.41, 5.74) is 4.58. The molecule has 0 amide bonds. The van der Waals surface area contributed by atoms with Crippen molar-refractivity contribution in [3.63, 3.8) is 0 Å². The van der Waals surface area contributed by atoms with Crippen LogP contribution in [0.5, 0.6) is 0 Å². The molecule has 0 saturated carbocycles. The minimum atomic E-state index is 0.908. The van der Waals surface area contributed by atoms with Gasteiger partial charge in [0.25, 0.3) is 0 Å². The van der Waals surface area contributed by atoms with Gasteiger partial charge in [0.1, 0.15) is 0 Å². The van der Waals surface area contributed by atoms with E-state index in [-0.39, 0.29) is 0 Å². The minimum Gasteiger partial charge on any atom is -0.249 e. The summed E-state index contributed by atoms with van der Waals surface area (Å²) in [6.07, 6.45) is 3.82. The molecule has 1 heterocycles. The van der Waals surface area contributed by atoms with Crippen molar-refractivity contribution in [1.29, 1.82) is 0 Å². The Bertz CT molecular complexity index is 813. The maximum absolute atomic E-state index is 4.67. The first-order chi connectivity index (χ1) is 11.2. The van der Waals surface area contributed by atoms with Crippen molar-refractivity contribution >= 4 is 6.08 Å². The highest BCUT2D eigenvalue weighted by molar-refractivity contribution is 5.71. The van der Waals surface area contributed by atoms with Crippen molar-refractivity contribution in [2.24, 2.45) is 7.05 Å². The van der Waals surface area contributed by atoms with Gasteiger partial charge in [-0.15, -0.1) is 0 Å². The molecule has 0 aliphatic heterocycles. The van der Waals surface area contributed by atoms with Gasteiger partial charge in [0.15, 0.2) is 11.6 Å². The average molecular weight is 303 g/mol. The first-order valence-corrected chi connectivity index (χ1v) is 7.94. The Morgan fingerprint density at radius 3 is 2.48 bits per heavy atom. The van der Waals surface area contributed by atoms with Crippen LogP contribution in [0.2, 0.25) is 0 Å². The summed E-state index contributed by atoms with van der Waals surface area (Å²) in [5.74, 6) is 1.82. The Balaban J connectivity index is 1.97. The van der Waals surface area contributed by atoms with Crippen LogP contribution in [0.25, 0.3) is 28.6 Å². The molecule has 2 aromatic carbocycles. The third kappa shape index (κ3) is 3.24. The van der Waals surface area contributed by atoms with Crippen molar-refractivity contribution in [3.05, 3.63) is 66.5 Å². The zero-order chi connectivity index (χ0) is 16.2. The molecular formula is C20H21N3. The lowest BCUT2D eigenvalue weighted by Crippen LogP contribution is -1.95. The lowest BCUT2D eigenvalue weighted by atomic mass is 10.0. The predicted molar refractivity (Wildman–Crippen MR) is 96.0 cm³/mol. The van der Waals surface area contributed by atoms with Gasteiger partial charge in [0.2, 0.25) is 0 Å². The maximum Gasteiger partial charge on any atom is 0.158 e. The van der Waals surface area contributed by atoms with Gasteiger partial charge in [-0.05, 0) is 29.2 Å². The Morgan fingerprint density at radius 2 is 1.78 bits per heavy atom. The minimum absolute atomic E-state index is 0.908. The topological polar surface area (TPSA) is 30.7 Å². The molecule has 0 saturated heterocycles. The number of rotatable bonds is 5. The van der Waals surface area contributed by atoms with E-state index in [2.05, 4.69) is 72.1 Å². The molecule has 0 bridgehead atoms.